The van der Waals surface area contributed by atoms with Crippen molar-refractivity contribution in [2.75, 3.05) is 0 Å². The lowest BCUT2D eigenvalue weighted by Crippen LogP contribution is -2.22. The molecule has 27 heavy (non-hydrogen) atoms. The smallest absolute Gasteiger partial charge is 0.257 e. The highest BCUT2D eigenvalue weighted by Gasteiger charge is 2.17. The molecule has 0 atom stereocenters. The number of benzene rings is 2. The monoisotopic (exact) mass is 360 g/mol. The summed E-state index contributed by atoms with van der Waals surface area (Å²) in [6.45, 7) is 0.376. The van der Waals surface area contributed by atoms with E-state index in [0.29, 0.717) is 17.8 Å². The van der Waals surface area contributed by atoms with E-state index >= 15 is 0 Å². The summed E-state index contributed by atoms with van der Waals surface area (Å²) in [5, 5.41) is 26.6. The fraction of sp³-hybridized carbons (Fsp3) is 0.0500. The van der Waals surface area contributed by atoms with Crippen LogP contribution in [0.1, 0.15) is 15.9 Å². The van der Waals surface area contributed by atoms with E-state index in [1.807, 2.05) is 30.3 Å². The fourth-order valence-corrected chi connectivity index (χ4v) is 2.76. The summed E-state index contributed by atoms with van der Waals surface area (Å²) in [5.74, 6) is -0.330. The van der Waals surface area contributed by atoms with E-state index < -0.39 is 0 Å². The molecule has 7 heteroatoms. The number of amides is 1. The minimum absolute atomic E-state index is 0.134. The molecule has 3 N–H and O–H groups in total. The Kier molecular flexibility index (Phi) is 4.18. The molecule has 2 aromatic heterocycles. The summed E-state index contributed by atoms with van der Waals surface area (Å²) in [5.41, 5.74) is 2.66. The third kappa shape index (κ3) is 3.30. The van der Waals surface area contributed by atoms with E-state index in [1.54, 1.807) is 12.1 Å². The average Bonchev–Trinajstić information content (AvgIpc) is 3.12. The Balaban J connectivity index is 1.67. The zero-order valence-electron chi connectivity index (χ0n) is 14.2. The molecule has 0 bridgehead atoms. The van der Waals surface area contributed by atoms with Crippen LogP contribution in [0, 0.1) is 0 Å². The third-order valence-corrected chi connectivity index (χ3v) is 4.16. The number of phenolic OH excluding ortho intramolecular Hbond substituents is 1. The summed E-state index contributed by atoms with van der Waals surface area (Å²) < 4.78 is 1.21. The van der Waals surface area contributed by atoms with Crippen molar-refractivity contribution in [1.82, 2.24) is 19.9 Å². The number of hydrogen-bond acceptors (Lipinski definition) is 5. The Labute approximate surface area is 154 Å². The summed E-state index contributed by atoms with van der Waals surface area (Å²) in [4.78, 5) is 17.0. The van der Waals surface area contributed by atoms with Gasteiger partial charge in [-0.25, -0.2) is 4.98 Å². The molecule has 1 amide bonds. The second-order valence-corrected chi connectivity index (χ2v) is 6.01. The molecule has 0 unspecified atom stereocenters. The minimum atomic E-state index is -0.330. The van der Waals surface area contributed by atoms with Gasteiger partial charge in [0.2, 0.25) is 5.88 Å². The maximum atomic E-state index is 12.6. The lowest BCUT2D eigenvalue weighted by molar-refractivity contribution is 0.0952. The lowest BCUT2D eigenvalue weighted by atomic mass is 10.1. The molecule has 7 nitrogen and oxygen atoms in total. The molecule has 0 aliphatic heterocycles. The maximum Gasteiger partial charge on any atom is 0.257 e. The summed E-state index contributed by atoms with van der Waals surface area (Å²) in [7, 11) is 0. The van der Waals surface area contributed by atoms with Crippen molar-refractivity contribution in [2.45, 2.75) is 6.54 Å². The number of carbonyl (C=O) groups excluding carboxylic acids is 1. The number of aromatic nitrogens is 3. The molecule has 0 saturated carbocycles. The predicted molar refractivity (Wildman–Crippen MR) is 99.4 cm³/mol. The van der Waals surface area contributed by atoms with Crippen LogP contribution in [-0.2, 0) is 6.54 Å². The van der Waals surface area contributed by atoms with Crippen LogP contribution in [0.25, 0.3) is 16.9 Å². The van der Waals surface area contributed by atoms with Crippen LogP contribution in [0.5, 0.6) is 11.6 Å². The zero-order chi connectivity index (χ0) is 18.8. The Morgan fingerprint density at radius 3 is 2.52 bits per heavy atom. The van der Waals surface area contributed by atoms with Gasteiger partial charge in [-0.1, -0.05) is 30.3 Å². The Bertz CT molecular complexity index is 1110. The summed E-state index contributed by atoms with van der Waals surface area (Å²) >= 11 is 0. The van der Waals surface area contributed by atoms with Gasteiger partial charge >= 0.3 is 0 Å². The molecule has 0 fully saturated rings. The van der Waals surface area contributed by atoms with Crippen LogP contribution in [0.4, 0.5) is 0 Å². The topological polar surface area (TPSA) is 99.8 Å². The van der Waals surface area contributed by atoms with Crippen molar-refractivity contribution in [3.8, 4) is 22.9 Å². The van der Waals surface area contributed by atoms with Gasteiger partial charge < -0.3 is 15.5 Å². The van der Waals surface area contributed by atoms with Crippen molar-refractivity contribution in [3.05, 3.63) is 78.0 Å². The van der Waals surface area contributed by atoms with E-state index in [-0.39, 0.29) is 28.7 Å². The van der Waals surface area contributed by atoms with Gasteiger partial charge in [-0.3, -0.25) is 4.79 Å². The normalized spacial score (nSPS) is 10.8. The standard InChI is InChI=1S/C20H16N4O3/c25-15-8-6-14(7-9-15)17-10-18(26)24-19(23-17)16(12-22-24)20(27)21-11-13-4-2-1-3-5-13/h1-10,12,25-26H,11H2,(H,21,27). The van der Waals surface area contributed by atoms with Gasteiger partial charge in [-0.05, 0) is 29.8 Å². The number of phenols is 1. The second kappa shape index (κ2) is 6.80. The average molecular weight is 360 g/mol. The molecule has 0 aliphatic carbocycles. The van der Waals surface area contributed by atoms with Crippen molar-refractivity contribution < 1.29 is 15.0 Å². The molecule has 134 valence electrons. The van der Waals surface area contributed by atoms with Gasteiger partial charge in [0.25, 0.3) is 5.91 Å². The number of rotatable bonds is 4. The first-order chi connectivity index (χ1) is 13.1. The van der Waals surface area contributed by atoms with Crippen molar-refractivity contribution in [1.29, 1.82) is 0 Å². The Morgan fingerprint density at radius 2 is 1.78 bits per heavy atom. The van der Waals surface area contributed by atoms with Crippen LogP contribution >= 0.6 is 0 Å². The number of aromatic hydroxyl groups is 2. The maximum absolute atomic E-state index is 12.6. The van der Waals surface area contributed by atoms with E-state index in [1.165, 1.54) is 28.9 Å². The van der Waals surface area contributed by atoms with Crippen LogP contribution in [0.3, 0.4) is 0 Å². The van der Waals surface area contributed by atoms with Gasteiger partial charge in [0.05, 0.1) is 11.9 Å². The van der Waals surface area contributed by atoms with E-state index in [2.05, 4.69) is 15.4 Å². The SMILES string of the molecule is O=C(NCc1ccccc1)c1cnn2c(O)cc(-c3ccc(O)cc3)nc12. The lowest BCUT2D eigenvalue weighted by Gasteiger charge is -2.06. The quantitative estimate of drug-likeness (QED) is 0.520. The zero-order valence-corrected chi connectivity index (χ0v) is 14.2. The Hall–Kier alpha value is -3.87. The molecule has 4 aromatic rings. The van der Waals surface area contributed by atoms with Gasteiger partial charge in [-0.2, -0.15) is 9.61 Å². The van der Waals surface area contributed by atoms with Gasteiger partial charge in [0, 0.05) is 18.2 Å². The molecule has 4 rings (SSSR count). The Morgan fingerprint density at radius 1 is 1.04 bits per heavy atom. The van der Waals surface area contributed by atoms with Crippen molar-refractivity contribution >= 4 is 11.6 Å². The van der Waals surface area contributed by atoms with Crippen molar-refractivity contribution in [2.24, 2.45) is 0 Å². The third-order valence-electron chi connectivity index (χ3n) is 4.16. The van der Waals surface area contributed by atoms with Gasteiger partial charge in [0.1, 0.15) is 11.3 Å². The number of nitrogens with zero attached hydrogens (tertiary/aromatic N) is 3. The number of nitrogens with one attached hydrogen (secondary N) is 1. The molecule has 0 radical (unpaired) electrons. The van der Waals surface area contributed by atoms with Crippen LogP contribution < -0.4 is 5.32 Å². The summed E-state index contributed by atoms with van der Waals surface area (Å²) in [6, 6.07) is 17.4. The largest absolute Gasteiger partial charge is 0.508 e. The van der Waals surface area contributed by atoms with Crippen LogP contribution in [-0.4, -0.2) is 30.7 Å². The first kappa shape index (κ1) is 16.6. The molecule has 0 spiro atoms. The summed E-state index contributed by atoms with van der Waals surface area (Å²) in [6.07, 6.45) is 1.38. The van der Waals surface area contributed by atoms with Crippen LogP contribution in [0.15, 0.2) is 66.9 Å². The van der Waals surface area contributed by atoms with E-state index in [0.717, 1.165) is 5.56 Å². The van der Waals surface area contributed by atoms with E-state index in [4.69, 9.17) is 0 Å². The highest BCUT2D eigenvalue weighted by Crippen LogP contribution is 2.25. The number of carbonyl (C=O) groups is 1. The molecule has 2 aromatic carbocycles. The van der Waals surface area contributed by atoms with Gasteiger partial charge in [0.15, 0.2) is 5.65 Å². The molecular weight excluding hydrogens is 344 g/mol. The van der Waals surface area contributed by atoms with Crippen LogP contribution in [0.2, 0.25) is 0 Å². The second-order valence-electron chi connectivity index (χ2n) is 6.01. The molecule has 2 heterocycles. The van der Waals surface area contributed by atoms with Crippen molar-refractivity contribution in [3.63, 3.8) is 0 Å². The fourth-order valence-electron chi connectivity index (χ4n) is 2.76. The predicted octanol–water partition coefficient (Wildman–Crippen LogP) is 2.74. The number of hydrogen-bond donors (Lipinski definition) is 3. The highest BCUT2D eigenvalue weighted by atomic mass is 16.3. The van der Waals surface area contributed by atoms with Gasteiger partial charge in [-0.15, -0.1) is 0 Å². The first-order valence-electron chi connectivity index (χ1n) is 8.31. The minimum Gasteiger partial charge on any atom is -0.508 e. The first-order valence-corrected chi connectivity index (χ1v) is 8.31. The molecule has 0 aliphatic rings. The number of fused-ring (bicyclic) bond motifs is 1. The van der Waals surface area contributed by atoms with E-state index in [9.17, 15) is 15.0 Å². The molecule has 0 saturated heterocycles. The molecular formula is C20H16N4O3. The highest BCUT2D eigenvalue weighted by molar-refractivity contribution is 5.99.